The Hall–Kier alpha value is -2.06. The Balaban J connectivity index is 2.25. The molecule has 2 N–H and O–H groups in total. The van der Waals surface area contributed by atoms with Crippen LogP contribution >= 0.6 is 0 Å². The Morgan fingerprint density at radius 1 is 1.32 bits per heavy atom. The molecule has 0 fully saturated rings. The van der Waals surface area contributed by atoms with Gasteiger partial charge < -0.3 is 15.5 Å². The van der Waals surface area contributed by atoms with Crippen LogP contribution in [-0.2, 0) is 0 Å². The Morgan fingerprint density at radius 3 is 2.58 bits per heavy atom. The number of benzene rings is 1. The fraction of sp³-hybridized carbons (Fsp3) is 0.429. The van der Waals surface area contributed by atoms with Crippen LogP contribution in [0, 0.1) is 11.3 Å². The van der Waals surface area contributed by atoms with E-state index in [1.807, 2.05) is 30.3 Å². The van der Waals surface area contributed by atoms with Crippen molar-refractivity contribution >= 4 is 6.03 Å². The number of urea groups is 1. The maximum absolute atomic E-state index is 11.3. The van der Waals surface area contributed by atoms with Crippen LogP contribution in [0.4, 0.5) is 4.79 Å². The van der Waals surface area contributed by atoms with Gasteiger partial charge in [-0.25, -0.2) is 4.79 Å². The van der Waals surface area contributed by atoms with Crippen molar-refractivity contribution in [1.29, 1.82) is 5.26 Å². The first-order chi connectivity index (χ1) is 9.15. The Kier molecular flexibility index (Phi) is 6.41. The topological polar surface area (TPSA) is 68.2 Å². The highest BCUT2D eigenvalue weighted by molar-refractivity contribution is 5.73. The van der Waals surface area contributed by atoms with Crippen LogP contribution in [0.3, 0.4) is 0 Å². The largest absolute Gasteiger partial charge is 0.337 e. The lowest BCUT2D eigenvalue weighted by atomic mass is 10.0. The lowest BCUT2D eigenvalue weighted by Crippen LogP contribution is -2.39. The third-order valence-corrected chi connectivity index (χ3v) is 2.69. The van der Waals surface area contributed by atoms with E-state index in [-0.39, 0.29) is 11.9 Å². The van der Waals surface area contributed by atoms with Crippen molar-refractivity contribution in [2.45, 2.75) is 5.92 Å². The van der Waals surface area contributed by atoms with E-state index in [1.165, 1.54) is 4.90 Å². The van der Waals surface area contributed by atoms with Gasteiger partial charge in [0.2, 0.25) is 0 Å². The minimum Gasteiger partial charge on any atom is -0.337 e. The van der Waals surface area contributed by atoms with Gasteiger partial charge in [0.1, 0.15) is 0 Å². The van der Waals surface area contributed by atoms with Crippen LogP contribution in [-0.4, -0.2) is 44.7 Å². The molecule has 1 rings (SSSR count). The molecule has 5 heteroatoms. The first kappa shape index (κ1) is 15.0. The number of hydrogen-bond donors (Lipinski definition) is 2. The summed E-state index contributed by atoms with van der Waals surface area (Å²) >= 11 is 0. The van der Waals surface area contributed by atoms with E-state index in [1.54, 1.807) is 14.1 Å². The van der Waals surface area contributed by atoms with Crippen LogP contribution in [0.5, 0.6) is 0 Å². The van der Waals surface area contributed by atoms with Crippen molar-refractivity contribution in [3.05, 3.63) is 35.9 Å². The van der Waals surface area contributed by atoms with E-state index < -0.39 is 0 Å². The summed E-state index contributed by atoms with van der Waals surface area (Å²) < 4.78 is 0. The molecule has 0 saturated carbocycles. The molecule has 0 spiro atoms. The minimum absolute atomic E-state index is 0.110. The summed E-state index contributed by atoms with van der Waals surface area (Å²) in [5, 5.41) is 15.1. The van der Waals surface area contributed by atoms with Gasteiger partial charge in [0, 0.05) is 33.7 Å². The normalized spacial score (nSPS) is 11.4. The number of carbonyl (C=O) groups excluding carboxylic acids is 1. The van der Waals surface area contributed by atoms with Gasteiger partial charge in [-0.1, -0.05) is 30.3 Å². The molecule has 0 aliphatic rings. The van der Waals surface area contributed by atoms with Crippen LogP contribution < -0.4 is 10.6 Å². The van der Waals surface area contributed by atoms with Crippen LogP contribution in [0.25, 0.3) is 0 Å². The summed E-state index contributed by atoms with van der Waals surface area (Å²) in [6, 6.07) is 11.9. The molecular weight excluding hydrogens is 240 g/mol. The molecule has 0 saturated heterocycles. The lowest BCUT2D eigenvalue weighted by Gasteiger charge is -2.13. The van der Waals surface area contributed by atoms with E-state index in [0.717, 1.165) is 5.56 Å². The maximum Gasteiger partial charge on any atom is 0.316 e. The van der Waals surface area contributed by atoms with Crippen LogP contribution in [0.2, 0.25) is 0 Å². The van der Waals surface area contributed by atoms with Gasteiger partial charge in [-0.3, -0.25) is 0 Å². The van der Waals surface area contributed by atoms with E-state index in [4.69, 9.17) is 5.26 Å². The highest BCUT2D eigenvalue weighted by atomic mass is 16.2. The molecule has 0 heterocycles. The molecule has 0 aromatic heterocycles. The summed E-state index contributed by atoms with van der Waals surface area (Å²) in [5.74, 6) is -0.161. The molecule has 2 amide bonds. The molecule has 5 nitrogen and oxygen atoms in total. The zero-order valence-corrected chi connectivity index (χ0v) is 11.4. The highest BCUT2D eigenvalue weighted by Gasteiger charge is 2.09. The van der Waals surface area contributed by atoms with E-state index in [9.17, 15) is 4.79 Å². The maximum atomic E-state index is 11.3. The first-order valence-electron chi connectivity index (χ1n) is 6.25. The van der Waals surface area contributed by atoms with Gasteiger partial charge in [-0.05, 0) is 5.56 Å². The predicted molar refractivity (Wildman–Crippen MR) is 74.8 cm³/mol. The zero-order valence-electron chi connectivity index (χ0n) is 11.4. The second-order valence-corrected chi connectivity index (χ2v) is 4.42. The summed E-state index contributed by atoms with van der Waals surface area (Å²) in [6.45, 7) is 1.77. The molecule has 1 aromatic carbocycles. The monoisotopic (exact) mass is 260 g/mol. The number of nitriles is 1. The number of nitrogens with one attached hydrogen (secondary N) is 2. The third kappa shape index (κ3) is 5.40. The van der Waals surface area contributed by atoms with Gasteiger partial charge >= 0.3 is 6.03 Å². The molecule has 0 radical (unpaired) electrons. The minimum atomic E-state index is -0.161. The summed E-state index contributed by atoms with van der Waals surface area (Å²) in [4.78, 5) is 12.7. The van der Waals surface area contributed by atoms with E-state index in [2.05, 4.69) is 16.7 Å². The van der Waals surface area contributed by atoms with Gasteiger partial charge in [-0.15, -0.1) is 0 Å². The van der Waals surface area contributed by atoms with Gasteiger partial charge in [0.25, 0.3) is 0 Å². The third-order valence-electron chi connectivity index (χ3n) is 2.69. The van der Waals surface area contributed by atoms with Crippen molar-refractivity contribution in [1.82, 2.24) is 15.5 Å². The lowest BCUT2D eigenvalue weighted by molar-refractivity contribution is 0.217. The smallest absolute Gasteiger partial charge is 0.316 e. The van der Waals surface area contributed by atoms with Crippen molar-refractivity contribution in [2.24, 2.45) is 0 Å². The molecule has 0 aliphatic heterocycles. The quantitative estimate of drug-likeness (QED) is 0.754. The number of nitrogens with zero attached hydrogens (tertiary/aromatic N) is 2. The molecule has 1 unspecified atom stereocenters. The van der Waals surface area contributed by atoms with Gasteiger partial charge in [0.05, 0.1) is 12.0 Å². The number of amides is 2. The molecular formula is C14H20N4O. The molecule has 1 aromatic rings. The zero-order chi connectivity index (χ0) is 14.1. The standard InChI is InChI=1S/C14H20N4O/c1-18(2)14(19)17-9-8-16-11-13(10-15)12-6-4-3-5-7-12/h3-7,13,16H,8-9,11H2,1-2H3,(H,17,19). The second-order valence-electron chi connectivity index (χ2n) is 4.42. The average molecular weight is 260 g/mol. The second kappa shape index (κ2) is 8.11. The highest BCUT2D eigenvalue weighted by Crippen LogP contribution is 2.12. The summed E-state index contributed by atoms with van der Waals surface area (Å²) in [6.07, 6.45) is 0. The SMILES string of the molecule is CN(C)C(=O)NCCNCC(C#N)c1ccccc1. The van der Waals surface area contributed by atoms with Crippen molar-refractivity contribution in [3.8, 4) is 6.07 Å². The van der Waals surface area contributed by atoms with Crippen molar-refractivity contribution in [3.63, 3.8) is 0 Å². The fourth-order valence-electron chi connectivity index (χ4n) is 1.59. The molecule has 102 valence electrons. The Labute approximate surface area is 114 Å². The van der Waals surface area contributed by atoms with Crippen molar-refractivity contribution in [2.75, 3.05) is 33.7 Å². The predicted octanol–water partition coefficient (Wildman–Crippen LogP) is 1.15. The average Bonchev–Trinajstić information content (AvgIpc) is 2.43. The Morgan fingerprint density at radius 2 is 2.00 bits per heavy atom. The van der Waals surface area contributed by atoms with Gasteiger partial charge in [-0.2, -0.15) is 5.26 Å². The first-order valence-corrected chi connectivity index (χ1v) is 6.25. The van der Waals surface area contributed by atoms with Crippen molar-refractivity contribution < 1.29 is 4.79 Å². The van der Waals surface area contributed by atoms with Gasteiger partial charge in [0.15, 0.2) is 0 Å². The Bertz CT molecular complexity index is 425. The van der Waals surface area contributed by atoms with Crippen LogP contribution in [0.15, 0.2) is 30.3 Å². The number of carbonyl (C=O) groups is 1. The number of hydrogen-bond acceptors (Lipinski definition) is 3. The summed E-state index contributed by atoms with van der Waals surface area (Å²) in [7, 11) is 3.40. The molecule has 1 atom stereocenters. The fourth-order valence-corrected chi connectivity index (χ4v) is 1.59. The molecule has 0 aliphatic carbocycles. The molecule has 0 bridgehead atoms. The molecule has 19 heavy (non-hydrogen) atoms. The van der Waals surface area contributed by atoms with E-state index in [0.29, 0.717) is 19.6 Å². The van der Waals surface area contributed by atoms with Crippen LogP contribution in [0.1, 0.15) is 11.5 Å². The number of rotatable bonds is 6. The van der Waals surface area contributed by atoms with E-state index >= 15 is 0 Å². The summed E-state index contributed by atoms with van der Waals surface area (Å²) in [5.41, 5.74) is 1.01.